The summed E-state index contributed by atoms with van der Waals surface area (Å²) in [6.45, 7) is 6.91. The standard InChI is InChI=1S/C23H25N5O/c1-4-16-7-5-6-8-20(16)24-14-19-13-21(29)28-23(25-19)26-22(27-28)18-11-9-17(10-12-18)15(2)3/h5-13,15,24H,4,14H2,1-3H3,(H,25,26,27). The van der Waals surface area contributed by atoms with Crippen LogP contribution in [0, 0.1) is 0 Å². The molecule has 4 aromatic rings. The van der Waals surface area contributed by atoms with E-state index in [4.69, 9.17) is 0 Å². The number of hydrogen-bond donors (Lipinski definition) is 2. The van der Waals surface area contributed by atoms with Crippen LogP contribution in [-0.4, -0.2) is 19.6 Å². The highest BCUT2D eigenvalue weighted by atomic mass is 16.1. The van der Waals surface area contributed by atoms with Gasteiger partial charge in [-0.3, -0.25) is 9.89 Å². The molecule has 6 heteroatoms. The van der Waals surface area contributed by atoms with Crippen molar-refractivity contribution in [3.8, 4) is 11.4 Å². The first-order valence-electron chi connectivity index (χ1n) is 9.96. The highest BCUT2D eigenvalue weighted by molar-refractivity contribution is 5.57. The number of nitrogens with one attached hydrogen (secondary N) is 2. The third-order valence-electron chi connectivity index (χ3n) is 5.09. The predicted octanol–water partition coefficient (Wildman–Crippen LogP) is 4.38. The van der Waals surface area contributed by atoms with Gasteiger partial charge in [-0.2, -0.15) is 9.50 Å². The normalized spacial score (nSPS) is 11.3. The zero-order valence-corrected chi connectivity index (χ0v) is 16.9. The lowest BCUT2D eigenvalue weighted by Gasteiger charge is -2.10. The summed E-state index contributed by atoms with van der Waals surface area (Å²) in [5, 5.41) is 6.44. The first-order chi connectivity index (χ1) is 14.0. The molecule has 0 bridgehead atoms. The molecule has 6 nitrogen and oxygen atoms in total. The molecule has 0 aliphatic rings. The Bertz CT molecular complexity index is 1190. The van der Waals surface area contributed by atoms with Crippen LogP contribution in [0.1, 0.15) is 43.5 Å². The fraction of sp³-hybridized carbons (Fsp3) is 0.261. The van der Waals surface area contributed by atoms with Crippen molar-refractivity contribution in [2.45, 2.75) is 39.7 Å². The summed E-state index contributed by atoms with van der Waals surface area (Å²) in [4.78, 5) is 21.6. The van der Waals surface area contributed by atoms with Gasteiger partial charge in [0.2, 0.25) is 0 Å². The van der Waals surface area contributed by atoms with Crippen molar-refractivity contribution < 1.29 is 0 Å². The second-order valence-electron chi connectivity index (χ2n) is 7.43. The molecule has 0 aliphatic carbocycles. The number of nitrogens with zero attached hydrogens (tertiary/aromatic N) is 3. The van der Waals surface area contributed by atoms with Gasteiger partial charge in [-0.25, -0.2) is 4.98 Å². The summed E-state index contributed by atoms with van der Waals surface area (Å²) in [6, 6.07) is 17.9. The minimum atomic E-state index is -0.173. The molecule has 0 aliphatic heterocycles. The topological polar surface area (TPSA) is 75.1 Å². The van der Waals surface area contributed by atoms with Crippen LogP contribution >= 0.6 is 0 Å². The number of anilines is 1. The Balaban J connectivity index is 1.61. The molecule has 2 aromatic carbocycles. The van der Waals surface area contributed by atoms with Crippen molar-refractivity contribution >= 4 is 11.5 Å². The molecule has 29 heavy (non-hydrogen) atoms. The molecule has 0 fully saturated rings. The van der Waals surface area contributed by atoms with E-state index in [1.54, 1.807) is 6.07 Å². The first kappa shape index (κ1) is 18.9. The van der Waals surface area contributed by atoms with Gasteiger partial charge < -0.3 is 5.32 Å². The molecule has 0 unspecified atom stereocenters. The molecule has 0 amide bonds. The zero-order valence-electron chi connectivity index (χ0n) is 16.9. The molecule has 0 saturated heterocycles. The average Bonchev–Trinajstić information content (AvgIpc) is 3.17. The number of hydrogen-bond acceptors (Lipinski definition) is 4. The lowest BCUT2D eigenvalue weighted by molar-refractivity contribution is 0.866. The third-order valence-corrected chi connectivity index (χ3v) is 5.09. The van der Waals surface area contributed by atoms with Gasteiger partial charge in [0.1, 0.15) is 0 Å². The molecule has 0 atom stereocenters. The van der Waals surface area contributed by atoms with Crippen LogP contribution in [0.5, 0.6) is 0 Å². The lowest BCUT2D eigenvalue weighted by Crippen LogP contribution is -2.17. The number of aromatic amines is 1. The molecule has 0 spiro atoms. The lowest BCUT2D eigenvalue weighted by atomic mass is 10.0. The Morgan fingerprint density at radius 2 is 1.83 bits per heavy atom. The molecule has 0 radical (unpaired) electrons. The number of rotatable bonds is 6. The highest BCUT2D eigenvalue weighted by Crippen LogP contribution is 2.20. The second-order valence-corrected chi connectivity index (χ2v) is 7.43. The van der Waals surface area contributed by atoms with E-state index in [1.807, 2.05) is 30.3 Å². The highest BCUT2D eigenvalue weighted by Gasteiger charge is 2.10. The van der Waals surface area contributed by atoms with Crippen LogP contribution in [-0.2, 0) is 13.0 Å². The maximum absolute atomic E-state index is 12.5. The van der Waals surface area contributed by atoms with E-state index in [-0.39, 0.29) is 5.56 Å². The van der Waals surface area contributed by atoms with E-state index < -0.39 is 0 Å². The Morgan fingerprint density at radius 1 is 1.07 bits per heavy atom. The fourth-order valence-corrected chi connectivity index (χ4v) is 3.36. The summed E-state index contributed by atoms with van der Waals surface area (Å²) in [7, 11) is 0. The summed E-state index contributed by atoms with van der Waals surface area (Å²) in [5.41, 5.74) is 4.97. The molecule has 148 valence electrons. The number of benzene rings is 2. The predicted molar refractivity (Wildman–Crippen MR) is 116 cm³/mol. The van der Waals surface area contributed by atoms with Crippen LogP contribution < -0.4 is 10.9 Å². The molecule has 2 heterocycles. The first-order valence-corrected chi connectivity index (χ1v) is 9.96. The molecular weight excluding hydrogens is 362 g/mol. The number of para-hydroxylation sites is 1. The Hall–Kier alpha value is -3.41. The summed E-state index contributed by atoms with van der Waals surface area (Å²) < 4.78 is 1.38. The molecule has 2 N–H and O–H groups in total. The fourth-order valence-electron chi connectivity index (χ4n) is 3.36. The van der Waals surface area contributed by atoms with Crippen molar-refractivity contribution in [1.82, 2.24) is 19.6 Å². The molecule has 0 saturated carbocycles. The van der Waals surface area contributed by atoms with E-state index in [0.717, 1.165) is 17.7 Å². The van der Waals surface area contributed by atoms with Gasteiger partial charge in [0.15, 0.2) is 5.82 Å². The van der Waals surface area contributed by atoms with Crippen molar-refractivity contribution in [3.63, 3.8) is 0 Å². The SMILES string of the molecule is CCc1ccccc1NCc1cc(=O)n2[nH]c(-c3ccc(C(C)C)cc3)nc2n1. The number of aromatic nitrogens is 4. The quantitative estimate of drug-likeness (QED) is 0.515. The van der Waals surface area contributed by atoms with Crippen LogP contribution in [0.2, 0.25) is 0 Å². The van der Waals surface area contributed by atoms with Gasteiger partial charge in [-0.1, -0.05) is 63.2 Å². The minimum Gasteiger partial charge on any atom is -0.379 e. The molecule has 2 aromatic heterocycles. The van der Waals surface area contributed by atoms with Crippen LogP contribution in [0.25, 0.3) is 17.2 Å². The Kier molecular flexibility index (Phi) is 5.16. The number of fused-ring (bicyclic) bond motifs is 1. The van der Waals surface area contributed by atoms with E-state index in [0.29, 0.717) is 29.8 Å². The van der Waals surface area contributed by atoms with E-state index in [2.05, 4.69) is 59.4 Å². The monoisotopic (exact) mass is 387 g/mol. The van der Waals surface area contributed by atoms with Crippen molar-refractivity contribution in [2.75, 3.05) is 5.32 Å². The molecule has 4 rings (SSSR count). The van der Waals surface area contributed by atoms with Crippen LogP contribution in [0.3, 0.4) is 0 Å². The average molecular weight is 387 g/mol. The van der Waals surface area contributed by atoms with Crippen molar-refractivity contribution in [1.29, 1.82) is 0 Å². The minimum absolute atomic E-state index is 0.173. The zero-order chi connectivity index (χ0) is 20.4. The second kappa shape index (κ2) is 7.91. The van der Waals surface area contributed by atoms with Gasteiger partial charge in [-0.05, 0) is 29.5 Å². The summed E-state index contributed by atoms with van der Waals surface area (Å²) in [6.07, 6.45) is 0.941. The van der Waals surface area contributed by atoms with Gasteiger partial charge in [0.25, 0.3) is 11.3 Å². The van der Waals surface area contributed by atoms with Gasteiger partial charge in [0.05, 0.1) is 12.2 Å². The van der Waals surface area contributed by atoms with E-state index in [1.165, 1.54) is 15.6 Å². The Labute approximate surface area is 169 Å². The maximum Gasteiger partial charge on any atom is 0.274 e. The van der Waals surface area contributed by atoms with Crippen LogP contribution in [0.4, 0.5) is 5.69 Å². The van der Waals surface area contributed by atoms with Gasteiger partial charge in [-0.15, -0.1) is 0 Å². The van der Waals surface area contributed by atoms with E-state index in [9.17, 15) is 4.79 Å². The van der Waals surface area contributed by atoms with Crippen molar-refractivity contribution in [2.24, 2.45) is 0 Å². The smallest absolute Gasteiger partial charge is 0.274 e. The van der Waals surface area contributed by atoms with Crippen molar-refractivity contribution in [3.05, 3.63) is 81.8 Å². The maximum atomic E-state index is 12.5. The van der Waals surface area contributed by atoms with Gasteiger partial charge in [0, 0.05) is 17.3 Å². The van der Waals surface area contributed by atoms with Gasteiger partial charge >= 0.3 is 0 Å². The van der Waals surface area contributed by atoms with Crippen LogP contribution in [0.15, 0.2) is 59.4 Å². The molecular formula is C23H25N5O. The Morgan fingerprint density at radius 3 is 2.55 bits per heavy atom. The largest absolute Gasteiger partial charge is 0.379 e. The summed E-state index contributed by atoms with van der Waals surface area (Å²) >= 11 is 0. The number of H-pyrrole nitrogens is 1. The number of aryl methyl sites for hydroxylation is 1. The summed E-state index contributed by atoms with van der Waals surface area (Å²) in [5.74, 6) is 1.48. The van der Waals surface area contributed by atoms with E-state index >= 15 is 0 Å². The third kappa shape index (κ3) is 3.92.